The molecule has 2 aliphatic rings. The zero-order valence-corrected chi connectivity index (χ0v) is 15.0. The predicted molar refractivity (Wildman–Crippen MR) is 93.6 cm³/mol. The number of amides is 4. The number of imide groups is 1. The van der Waals surface area contributed by atoms with Crippen LogP contribution in [-0.4, -0.2) is 41.6 Å². The molecule has 4 amide bonds. The molecule has 0 spiro atoms. The van der Waals surface area contributed by atoms with Crippen molar-refractivity contribution in [2.75, 3.05) is 13.1 Å². The number of piperidine rings is 2. The largest absolute Gasteiger partial charge is 0.369 e. The Hall–Kier alpha value is -2.77. The molecule has 144 valence electrons. The van der Waals surface area contributed by atoms with E-state index in [0.717, 1.165) is 5.56 Å². The van der Waals surface area contributed by atoms with Crippen molar-refractivity contribution < 1.29 is 23.6 Å². The molecule has 8 heteroatoms. The Morgan fingerprint density at radius 2 is 1.89 bits per heavy atom. The van der Waals surface area contributed by atoms with Gasteiger partial charge in [0.2, 0.25) is 23.6 Å². The van der Waals surface area contributed by atoms with Crippen LogP contribution in [0.25, 0.3) is 0 Å². The predicted octanol–water partition coefficient (Wildman–Crippen LogP) is 0.604. The van der Waals surface area contributed by atoms with Crippen molar-refractivity contribution in [1.29, 1.82) is 0 Å². The molecule has 3 N–H and O–H groups in total. The Kier molecular flexibility index (Phi) is 5.25. The molecule has 1 aromatic carbocycles. The van der Waals surface area contributed by atoms with E-state index in [1.165, 1.54) is 12.1 Å². The lowest BCUT2D eigenvalue weighted by atomic mass is 9.78. The monoisotopic (exact) mass is 375 g/mol. The topological polar surface area (TPSA) is 110 Å². The van der Waals surface area contributed by atoms with Crippen molar-refractivity contribution in [3.05, 3.63) is 35.1 Å². The van der Waals surface area contributed by atoms with Crippen LogP contribution < -0.4 is 11.1 Å². The maximum Gasteiger partial charge on any atom is 0.227 e. The van der Waals surface area contributed by atoms with Gasteiger partial charge in [0.05, 0.1) is 5.92 Å². The summed E-state index contributed by atoms with van der Waals surface area (Å²) in [4.78, 5) is 49.5. The number of aryl methyl sites for hydroxylation is 1. The van der Waals surface area contributed by atoms with E-state index >= 15 is 0 Å². The van der Waals surface area contributed by atoms with Crippen molar-refractivity contribution in [3.8, 4) is 0 Å². The third-order valence-electron chi connectivity index (χ3n) is 5.41. The first-order valence-corrected chi connectivity index (χ1v) is 8.93. The van der Waals surface area contributed by atoms with Gasteiger partial charge in [0, 0.05) is 37.8 Å². The summed E-state index contributed by atoms with van der Waals surface area (Å²) >= 11 is 0. The molecule has 1 aromatic rings. The summed E-state index contributed by atoms with van der Waals surface area (Å²) in [6.07, 6.45) is 0.330. The molecular weight excluding hydrogens is 353 g/mol. The minimum absolute atomic E-state index is 0.0272. The van der Waals surface area contributed by atoms with Gasteiger partial charge in [0.25, 0.3) is 0 Å². The Morgan fingerprint density at radius 1 is 1.22 bits per heavy atom. The van der Waals surface area contributed by atoms with Crippen molar-refractivity contribution in [3.63, 3.8) is 0 Å². The molecule has 0 radical (unpaired) electrons. The van der Waals surface area contributed by atoms with Gasteiger partial charge in [-0.15, -0.1) is 0 Å². The number of rotatable bonds is 3. The minimum atomic E-state index is -0.689. The summed E-state index contributed by atoms with van der Waals surface area (Å²) in [5, 5.41) is 2.19. The second kappa shape index (κ2) is 7.46. The number of nitrogens with one attached hydrogen (secondary N) is 1. The van der Waals surface area contributed by atoms with E-state index in [2.05, 4.69) is 5.32 Å². The summed E-state index contributed by atoms with van der Waals surface area (Å²) in [6.45, 7) is 2.32. The van der Waals surface area contributed by atoms with E-state index in [4.69, 9.17) is 5.73 Å². The lowest BCUT2D eigenvalue weighted by Gasteiger charge is -2.39. The molecule has 2 unspecified atom stereocenters. The number of primary amides is 1. The molecule has 0 aliphatic carbocycles. The average molecular weight is 375 g/mol. The van der Waals surface area contributed by atoms with E-state index in [9.17, 15) is 23.6 Å². The molecular formula is C19H22FN3O4. The fraction of sp³-hybridized carbons (Fsp3) is 0.474. The third kappa shape index (κ3) is 3.99. The summed E-state index contributed by atoms with van der Waals surface area (Å²) in [5.74, 6) is -3.52. The SMILES string of the molecule is Cc1cc(F)ccc1C1CN(C(=O)C2CC(=O)NC(=O)C2)CCC1C(N)=O. The Bertz CT molecular complexity index is 794. The third-order valence-corrected chi connectivity index (χ3v) is 5.41. The first-order chi connectivity index (χ1) is 12.8. The van der Waals surface area contributed by atoms with Gasteiger partial charge in [-0.2, -0.15) is 0 Å². The zero-order valence-electron chi connectivity index (χ0n) is 15.0. The molecule has 2 aliphatic heterocycles. The quantitative estimate of drug-likeness (QED) is 0.754. The number of nitrogens with two attached hydrogens (primary N) is 1. The molecule has 0 aromatic heterocycles. The van der Waals surface area contributed by atoms with Crippen LogP contribution in [0.5, 0.6) is 0 Å². The number of halogens is 1. The molecule has 2 atom stereocenters. The lowest BCUT2D eigenvalue weighted by Crippen LogP contribution is -2.51. The van der Waals surface area contributed by atoms with Gasteiger partial charge in [-0.25, -0.2) is 4.39 Å². The highest BCUT2D eigenvalue weighted by Gasteiger charge is 2.39. The fourth-order valence-electron chi connectivity index (χ4n) is 4.07. The second-order valence-corrected chi connectivity index (χ2v) is 7.27. The molecule has 27 heavy (non-hydrogen) atoms. The van der Waals surface area contributed by atoms with Crippen LogP contribution in [-0.2, 0) is 19.2 Å². The molecule has 2 heterocycles. The number of hydrogen-bond donors (Lipinski definition) is 2. The van der Waals surface area contributed by atoms with E-state index in [1.54, 1.807) is 17.9 Å². The van der Waals surface area contributed by atoms with Crippen LogP contribution in [0.15, 0.2) is 18.2 Å². The van der Waals surface area contributed by atoms with Crippen molar-refractivity contribution in [1.82, 2.24) is 10.2 Å². The summed E-state index contributed by atoms with van der Waals surface area (Å²) < 4.78 is 13.5. The van der Waals surface area contributed by atoms with Gasteiger partial charge >= 0.3 is 0 Å². The molecule has 7 nitrogen and oxygen atoms in total. The number of likely N-dealkylation sites (tertiary alicyclic amines) is 1. The van der Waals surface area contributed by atoms with Crippen LogP contribution in [0.3, 0.4) is 0 Å². The van der Waals surface area contributed by atoms with E-state index in [0.29, 0.717) is 18.5 Å². The van der Waals surface area contributed by atoms with Crippen LogP contribution in [0.4, 0.5) is 4.39 Å². The normalized spacial score (nSPS) is 23.9. The molecule has 0 saturated carbocycles. The maximum absolute atomic E-state index is 13.5. The molecule has 0 bridgehead atoms. The summed E-state index contributed by atoms with van der Waals surface area (Å²) in [5.41, 5.74) is 7.02. The Balaban J connectivity index is 1.83. The van der Waals surface area contributed by atoms with Gasteiger partial charge in [0.15, 0.2) is 0 Å². The van der Waals surface area contributed by atoms with Gasteiger partial charge in [-0.05, 0) is 36.6 Å². The van der Waals surface area contributed by atoms with E-state index in [1.807, 2.05) is 0 Å². The Labute approximate surface area is 156 Å². The average Bonchev–Trinajstić information content (AvgIpc) is 2.59. The van der Waals surface area contributed by atoms with Crippen LogP contribution in [0.2, 0.25) is 0 Å². The summed E-state index contributed by atoms with van der Waals surface area (Å²) in [6, 6.07) is 4.33. The first kappa shape index (κ1) is 19.0. The van der Waals surface area contributed by atoms with Gasteiger partial charge < -0.3 is 10.6 Å². The van der Waals surface area contributed by atoms with Gasteiger partial charge in [0.1, 0.15) is 5.82 Å². The highest BCUT2D eigenvalue weighted by molar-refractivity contribution is 6.02. The molecule has 3 rings (SSSR count). The lowest BCUT2D eigenvalue weighted by molar-refractivity contribution is -0.146. The van der Waals surface area contributed by atoms with Crippen LogP contribution in [0.1, 0.15) is 36.3 Å². The number of nitrogens with zero attached hydrogens (tertiary/aromatic N) is 1. The van der Waals surface area contributed by atoms with E-state index in [-0.39, 0.29) is 37.0 Å². The molecule has 2 fully saturated rings. The first-order valence-electron chi connectivity index (χ1n) is 8.93. The van der Waals surface area contributed by atoms with Gasteiger partial charge in [-0.3, -0.25) is 24.5 Å². The molecule has 2 saturated heterocycles. The number of carbonyl (C=O) groups is 4. The number of carbonyl (C=O) groups excluding carboxylic acids is 4. The number of benzene rings is 1. The van der Waals surface area contributed by atoms with Crippen LogP contribution in [0, 0.1) is 24.6 Å². The number of hydrogen-bond acceptors (Lipinski definition) is 4. The smallest absolute Gasteiger partial charge is 0.227 e. The van der Waals surface area contributed by atoms with Crippen molar-refractivity contribution >= 4 is 23.6 Å². The minimum Gasteiger partial charge on any atom is -0.369 e. The highest BCUT2D eigenvalue weighted by Crippen LogP contribution is 2.35. The van der Waals surface area contributed by atoms with Crippen LogP contribution >= 0.6 is 0 Å². The summed E-state index contributed by atoms with van der Waals surface area (Å²) in [7, 11) is 0. The van der Waals surface area contributed by atoms with E-state index < -0.39 is 29.6 Å². The van der Waals surface area contributed by atoms with Crippen molar-refractivity contribution in [2.24, 2.45) is 17.6 Å². The standard InChI is InChI=1S/C19H22FN3O4/c1-10-6-12(20)2-3-13(10)15-9-23(5-4-14(15)18(21)26)19(27)11-7-16(24)22-17(25)8-11/h2-3,6,11,14-15H,4-5,7-9H2,1H3,(H2,21,26)(H,22,24,25). The van der Waals surface area contributed by atoms with Gasteiger partial charge in [-0.1, -0.05) is 6.07 Å². The highest BCUT2D eigenvalue weighted by atomic mass is 19.1. The van der Waals surface area contributed by atoms with Crippen molar-refractivity contribution in [2.45, 2.75) is 32.1 Å². The fourth-order valence-corrected chi connectivity index (χ4v) is 4.07. The maximum atomic E-state index is 13.5. The second-order valence-electron chi connectivity index (χ2n) is 7.27. The Morgan fingerprint density at radius 3 is 2.48 bits per heavy atom. The zero-order chi connectivity index (χ0) is 19.7.